The molecule has 29 nitrogen and oxygen atoms in total. The number of methoxy groups -OCH3 is 1. The van der Waals surface area contributed by atoms with Crippen molar-refractivity contribution in [3.05, 3.63) is 0 Å². The summed E-state index contributed by atoms with van der Waals surface area (Å²) < 4.78 is 79.5. The Labute approximate surface area is 393 Å². The van der Waals surface area contributed by atoms with Gasteiger partial charge in [-0.2, -0.15) is 0 Å². The Morgan fingerprint density at radius 2 is 1.28 bits per heavy atom. The van der Waals surface area contributed by atoms with Crippen LogP contribution < -0.4 is 0 Å². The second kappa shape index (κ2) is 23.1. The Kier molecular flexibility index (Phi) is 18.7. The van der Waals surface area contributed by atoms with Gasteiger partial charge in [-0.3, -0.25) is 14.4 Å². The molecule has 0 aromatic heterocycles. The largest absolute Gasteiger partial charge is 0.481 e. The van der Waals surface area contributed by atoms with Gasteiger partial charge in [-0.05, 0) is 13.8 Å². The van der Waals surface area contributed by atoms with Crippen LogP contribution in [0.3, 0.4) is 0 Å². The van der Waals surface area contributed by atoms with Crippen LogP contribution in [-0.2, 0) is 80.7 Å². The van der Waals surface area contributed by atoms with Gasteiger partial charge in [-0.15, -0.1) is 0 Å². The molecule has 0 amide bonds. The number of rotatable bonds is 18. The number of hydrogen-bond acceptors (Lipinski definition) is 28. The summed E-state index contributed by atoms with van der Waals surface area (Å²) in [5, 5.41) is 132. The summed E-state index contributed by atoms with van der Waals surface area (Å²) in [6.07, 6.45) is -42.3. The quantitative estimate of drug-likeness (QED) is 0.0448. The maximum atomic E-state index is 12.2. The van der Waals surface area contributed by atoms with E-state index in [2.05, 4.69) is 0 Å². The van der Waals surface area contributed by atoms with Crippen molar-refractivity contribution in [2.75, 3.05) is 40.1 Å². The standard InChI is InChI=1S/C40H64O29/c1-13-16(7-41)64-38(40(4,55)33(13)54)68-30-17(8-42)61-34(56-5)27(53)31(30)66-37-32(22(48)21(47)18(62-37)9-58-14(2)44)67-35-25(51)23(49)28(15(60-35)6-20(45)46)65-36-26(52)24(50)29-19(63-36)10-59-39(3,69-29)11-57-12-43/h12-13,15-19,21-38,41-42,47-55H,6-11H2,1-5H3,(H,45,46)/t13-,15?,16?,17?,18?,19?,21+,22+,23-,24-,25?,26?,27?,28+,29+,30-,31+,32?,33+,34+,35-,36-,37-,38-,39?,40?/m0/s1. The average Bonchev–Trinajstić information content (AvgIpc) is 3.30. The second-order valence-corrected chi connectivity index (χ2v) is 18.0. The molecule has 6 fully saturated rings. The molecule has 0 aromatic carbocycles. The topological polar surface area (TPSA) is 423 Å². The molecule has 11 unspecified atom stereocenters. The number of ether oxygens (including phenoxy) is 14. The molecule has 0 aliphatic carbocycles. The van der Waals surface area contributed by atoms with E-state index in [1.165, 1.54) is 13.8 Å². The van der Waals surface area contributed by atoms with Gasteiger partial charge in [-0.1, -0.05) is 6.92 Å². The summed E-state index contributed by atoms with van der Waals surface area (Å²) in [4.78, 5) is 34.8. The number of esters is 1. The first-order chi connectivity index (χ1) is 32.5. The van der Waals surface area contributed by atoms with Gasteiger partial charge in [0.25, 0.3) is 6.47 Å². The third kappa shape index (κ3) is 12.0. The second-order valence-electron chi connectivity index (χ2n) is 18.0. The lowest BCUT2D eigenvalue weighted by molar-refractivity contribution is -0.414. The molecule has 0 aromatic rings. The fourth-order valence-electron chi connectivity index (χ4n) is 9.00. The predicted octanol–water partition coefficient (Wildman–Crippen LogP) is -7.60. The third-order valence-corrected chi connectivity index (χ3v) is 12.9. The highest BCUT2D eigenvalue weighted by Crippen LogP contribution is 2.40. The van der Waals surface area contributed by atoms with E-state index in [4.69, 9.17) is 66.3 Å². The smallest absolute Gasteiger partial charge is 0.306 e. The minimum Gasteiger partial charge on any atom is -0.481 e. The number of carbonyl (C=O) groups excluding carboxylic acids is 2. The molecule has 398 valence electrons. The molecular weight excluding hydrogens is 944 g/mol. The van der Waals surface area contributed by atoms with Crippen LogP contribution in [0, 0.1) is 5.92 Å². The molecule has 29 heteroatoms. The van der Waals surface area contributed by atoms with E-state index in [9.17, 15) is 75.7 Å². The van der Waals surface area contributed by atoms with Crippen molar-refractivity contribution in [2.45, 2.75) is 187 Å². The van der Waals surface area contributed by atoms with E-state index in [0.29, 0.717) is 0 Å². The molecule has 6 heterocycles. The zero-order chi connectivity index (χ0) is 50.9. The molecule has 0 spiro atoms. The Bertz CT molecular complexity index is 1690. The average molecular weight is 1010 g/mol. The van der Waals surface area contributed by atoms with Crippen molar-refractivity contribution in [2.24, 2.45) is 5.92 Å². The van der Waals surface area contributed by atoms with Crippen molar-refractivity contribution in [3.8, 4) is 0 Å². The van der Waals surface area contributed by atoms with Gasteiger partial charge < -0.3 is 128 Å². The van der Waals surface area contributed by atoms with Crippen LogP contribution in [0.5, 0.6) is 0 Å². The Morgan fingerprint density at radius 3 is 1.90 bits per heavy atom. The normalized spacial score (nSPS) is 49.3. The number of carboxylic acid groups (broad SMARTS) is 1. The maximum Gasteiger partial charge on any atom is 0.306 e. The minimum absolute atomic E-state index is 0.148. The summed E-state index contributed by atoms with van der Waals surface area (Å²) >= 11 is 0. The lowest BCUT2D eigenvalue weighted by Gasteiger charge is -2.52. The van der Waals surface area contributed by atoms with Gasteiger partial charge in [0.05, 0.1) is 38.4 Å². The molecule has 6 aliphatic rings. The first kappa shape index (κ1) is 55.8. The lowest BCUT2D eigenvalue weighted by atomic mass is 9.82. The number of carboxylic acids is 1. The summed E-state index contributed by atoms with van der Waals surface area (Å²) in [5.74, 6) is -4.76. The van der Waals surface area contributed by atoms with Crippen molar-refractivity contribution in [3.63, 3.8) is 0 Å². The van der Waals surface area contributed by atoms with E-state index >= 15 is 0 Å². The SMILES string of the molecule is CO[C@@H]1OC(CO)[C@H](O[C@@H]2OC(CO)[C@H](C)[C@@H](O)C2(C)O)[C@H](O[C@@H]2OC(COC(C)=O)[C@@H](O)[C@@H](O)C2O[C@@H]2OC(CC(=O)O)[C@@H](O[C@@H]3OC4COC(C)(COC=O)O[C@H]4[C@@H](O)C3O)[C@@H](O)C2O)C1O. The molecule has 69 heavy (non-hydrogen) atoms. The predicted molar refractivity (Wildman–Crippen MR) is 212 cm³/mol. The Hall–Kier alpha value is -2.51. The molecule has 12 N–H and O–H groups in total. The summed E-state index contributed by atoms with van der Waals surface area (Å²) in [7, 11) is 1.12. The minimum atomic E-state index is -2.25. The summed E-state index contributed by atoms with van der Waals surface area (Å²) in [6, 6.07) is 0. The molecular formula is C40H64O29. The fraction of sp³-hybridized carbons (Fsp3) is 0.925. The van der Waals surface area contributed by atoms with Crippen molar-refractivity contribution in [1.29, 1.82) is 0 Å². The highest BCUT2D eigenvalue weighted by Gasteiger charge is 2.59. The van der Waals surface area contributed by atoms with Gasteiger partial charge in [0, 0.05) is 20.0 Å². The molecule has 6 saturated heterocycles. The summed E-state index contributed by atoms with van der Waals surface area (Å²) in [5.41, 5.74) is -2.22. The molecule has 26 atom stereocenters. The van der Waals surface area contributed by atoms with Crippen LogP contribution in [0.1, 0.15) is 34.1 Å². The van der Waals surface area contributed by atoms with Crippen LogP contribution in [0.4, 0.5) is 0 Å². The number of hydrogen-bond donors (Lipinski definition) is 12. The molecule has 0 bridgehead atoms. The molecule has 6 rings (SSSR count). The molecule has 0 radical (unpaired) electrons. The number of carbonyl (C=O) groups is 3. The van der Waals surface area contributed by atoms with Crippen LogP contribution in [-0.4, -0.2) is 273 Å². The van der Waals surface area contributed by atoms with Crippen LogP contribution in [0.15, 0.2) is 0 Å². The fourth-order valence-corrected chi connectivity index (χ4v) is 9.00. The van der Waals surface area contributed by atoms with Crippen molar-refractivity contribution < 1.29 is 142 Å². The van der Waals surface area contributed by atoms with Crippen LogP contribution >= 0.6 is 0 Å². The van der Waals surface area contributed by atoms with Crippen LogP contribution in [0.2, 0.25) is 0 Å². The van der Waals surface area contributed by atoms with Gasteiger partial charge in [0.2, 0.25) is 5.79 Å². The van der Waals surface area contributed by atoms with E-state index < -0.39 is 197 Å². The van der Waals surface area contributed by atoms with Gasteiger partial charge >= 0.3 is 11.9 Å². The number of aliphatic hydroxyl groups excluding tert-OH is 10. The Morgan fingerprint density at radius 1 is 0.681 bits per heavy atom. The van der Waals surface area contributed by atoms with Gasteiger partial charge in [-0.25, -0.2) is 0 Å². The maximum absolute atomic E-state index is 12.2. The van der Waals surface area contributed by atoms with Crippen molar-refractivity contribution >= 4 is 18.4 Å². The van der Waals surface area contributed by atoms with E-state index in [-0.39, 0.29) is 19.7 Å². The summed E-state index contributed by atoms with van der Waals surface area (Å²) in [6.45, 7) is 2.31. The van der Waals surface area contributed by atoms with E-state index in [1.807, 2.05) is 0 Å². The molecule has 6 aliphatic heterocycles. The number of aliphatic carboxylic acids is 1. The highest BCUT2D eigenvalue weighted by molar-refractivity contribution is 5.67. The zero-order valence-corrected chi connectivity index (χ0v) is 38.0. The first-order valence-corrected chi connectivity index (χ1v) is 22.0. The van der Waals surface area contributed by atoms with E-state index in [1.54, 1.807) is 0 Å². The van der Waals surface area contributed by atoms with Crippen molar-refractivity contribution in [1.82, 2.24) is 0 Å². The van der Waals surface area contributed by atoms with Crippen LogP contribution in [0.25, 0.3) is 0 Å². The third-order valence-electron chi connectivity index (χ3n) is 12.9. The molecule has 0 saturated carbocycles. The number of aliphatic hydroxyl groups is 11. The lowest BCUT2D eigenvalue weighted by Crippen LogP contribution is -2.69. The zero-order valence-electron chi connectivity index (χ0n) is 38.0. The monoisotopic (exact) mass is 1010 g/mol. The first-order valence-electron chi connectivity index (χ1n) is 22.0. The van der Waals surface area contributed by atoms with Gasteiger partial charge in [0.1, 0.15) is 116 Å². The van der Waals surface area contributed by atoms with E-state index in [0.717, 1.165) is 21.0 Å². The number of fused-ring (bicyclic) bond motifs is 1. The van der Waals surface area contributed by atoms with Gasteiger partial charge in [0.15, 0.2) is 31.5 Å². The highest BCUT2D eigenvalue weighted by atomic mass is 16.8. The Balaban J connectivity index is 1.27.